The van der Waals surface area contributed by atoms with Crippen LogP contribution in [-0.4, -0.2) is 18.1 Å². The van der Waals surface area contributed by atoms with Crippen LogP contribution in [-0.2, 0) is 0 Å². The number of nitrogens with one attached hydrogen (secondary N) is 1. The molecule has 2 atom stereocenters. The topological polar surface area (TPSA) is 18.5 Å². The van der Waals surface area contributed by atoms with Crippen molar-refractivity contribution >= 4 is 22.6 Å². The average Bonchev–Trinajstić information content (AvgIpc) is 1.65. The van der Waals surface area contributed by atoms with Gasteiger partial charge < -0.3 is 10.4 Å². The number of nitrogens with zero attached hydrogens (tertiary/aromatic N) is 1. The Morgan fingerprint density at radius 2 is 2.14 bits per heavy atom. The SMILES string of the molecule is C[N-][NH+](C)[C@H](C)I. The number of quaternary nitrogens is 1. The molecule has 3 heteroatoms. The summed E-state index contributed by atoms with van der Waals surface area (Å²) < 4.78 is 0.586. The maximum Gasteiger partial charge on any atom is 0.126 e. The van der Waals surface area contributed by atoms with Crippen molar-refractivity contribution in [2.45, 2.75) is 11.0 Å². The molecule has 1 unspecified atom stereocenters. The lowest BCUT2D eigenvalue weighted by molar-refractivity contribution is -0.844. The summed E-state index contributed by atoms with van der Waals surface area (Å²) in [5, 5.41) is 1.21. The quantitative estimate of drug-likeness (QED) is 0.293. The fourth-order valence-electron chi connectivity index (χ4n) is 0.178. The molecule has 2 nitrogen and oxygen atoms in total. The molecule has 0 radical (unpaired) electrons. The Bertz CT molecular complexity index is 47.0. The van der Waals surface area contributed by atoms with Gasteiger partial charge in [0.2, 0.25) is 0 Å². The van der Waals surface area contributed by atoms with Gasteiger partial charge in [0, 0.05) is 0 Å². The van der Waals surface area contributed by atoms with Crippen LogP contribution in [0.1, 0.15) is 6.92 Å². The van der Waals surface area contributed by atoms with E-state index in [-0.39, 0.29) is 0 Å². The largest absolute Gasteiger partial charge is 0.457 e. The van der Waals surface area contributed by atoms with Gasteiger partial charge in [-0.1, -0.05) is 0 Å². The second-order valence-corrected chi connectivity index (χ2v) is 3.35. The van der Waals surface area contributed by atoms with Gasteiger partial charge in [0.25, 0.3) is 0 Å². The summed E-state index contributed by atoms with van der Waals surface area (Å²) in [4.78, 5) is 0. The molecule has 0 aromatic carbocycles. The minimum atomic E-state index is 0.586. The van der Waals surface area contributed by atoms with Crippen molar-refractivity contribution < 1.29 is 5.01 Å². The van der Waals surface area contributed by atoms with Crippen LogP contribution in [0.4, 0.5) is 0 Å². The molecule has 0 aliphatic carbocycles. The predicted molar refractivity (Wildman–Crippen MR) is 39.7 cm³/mol. The summed E-state index contributed by atoms with van der Waals surface area (Å²) in [6, 6.07) is 0. The van der Waals surface area contributed by atoms with Gasteiger partial charge in [-0.15, -0.1) is 7.05 Å². The van der Waals surface area contributed by atoms with E-state index in [9.17, 15) is 0 Å². The lowest BCUT2D eigenvalue weighted by Gasteiger charge is -2.25. The highest BCUT2D eigenvalue weighted by Crippen LogP contribution is 1.85. The Balaban J connectivity index is 3.14. The third kappa shape index (κ3) is 3.25. The van der Waals surface area contributed by atoms with Crippen LogP contribution in [0.25, 0.3) is 5.43 Å². The maximum absolute atomic E-state index is 4.00. The molecule has 0 heterocycles. The summed E-state index contributed by atoms with van der Waals surface area (Å²) in [6.07, 6.45) is 0. The molecule has 0 fully saturated rings. The molecule has 0 aromatic rings. The van der Waals surface area contributed by atoms with Gasteiger partial charge in [-0.25, -0.2) is 0 Å². The van der Waals surface area contributed by atoms with Crippen molar-refractivity contribution in [2.75, 3.05) is 14.1 Å². The van der Waals surface area contributed by atoms with Crippen molar-refractivity contribution in [1.82, 2.24) is 0 Å². The third-order valence-electron chi connectivity index (χ3n) is 0.928. The second kappa shape index (κ2) is 3.63. The first-order chi connectivity index (χ1) is 3.18. The van der Waals surface area contributed by atoms with Gasteiger partial charge in [0.1, 0.15) is 4.05 Å². The standard InChI is InChI=1S/C4H11IN2/c1-4(5)7(3)6-2/h4,7H,1-3H3/t4-/m1/s1. The fourth-order valence-corrected chi connectivity index (χ4v) is 0.456. The van der Waals surface area contributed by atoms with E-state index in [2.05, 4.69) is 34.9 Å². The first-order valence-electron chi connectivity index (χ1n) is 2.26. The lowest BCUT2D eigenvalue weighted by Crippen LogP contribution is -3.07. The molecule has 0 aromatic heterocycles. The van der Waals surface area contributed by atoms with Gasteiger partial charge in [-0.2, -0.15) is 0 Å². The van der Waals surface area contributed by atoms with Crippen molar-refractivity contribution in [3.63, 3.8) is 0 Å². The Kier molecular flexibility index (Phi) is 3.96. The van der Waals surface area contributed by atoms with Crippen LogP contribution in [0.2, 0.25) is 0 Å². The Hall–Kier alpha value is 0.650. The van der Waals surface area contributed by atoms with E-state index in [1.54, 1.807) is 0 Å². The highest BCUT2D eigenvalue weighted by molar-refractivity contribution is 14.1. The predicted octanol–water partition coefficient (Wildman–Crippen LogP) is 0.201. The molecule has 0 amide bonds. The molecule has 0 rings (SSSR count). The minimum absolute atomic E-state index is 0.586. The van der Waals surface area contributed by atoms with Crippen LogP contribution in [0.3, 0.4) is 0 Å². The summed E-state index contributed by atoms with van der Waals surface area (Å²) >= 11 is 2.34. The highest BCUT2D eigenvalue weighted by atomic mass is 127. The van der Waals surface area contributed by atoms with Crippen molar-refractivity contribution in [1.29, 1.82) is 0 Å². The third-order valence-corrected chi connectivity index (χ3v) is 1.83. The van der Waals surface area contributed by atoms with Gasteiger partial charge >= 0.3 is 0 Å². The zero-order chi connectivity index (χ0) is 5.86. The lowest BCUT2D eigenvalue weighted by atomic mass is 10.7. The Morgan fingerprint density at radius 1 is 1.71 bits per heavy atom. The molecule has 0 spiro atoms. The number of hydrogen-bond donors (Lipinski definition) is 1. The molecule has 1 N–H and O–H groups in total. The number of halogens is 1. The average molecular weight is 214 g/mol. The van der Waals surface area contributed by atoms with Crippen molar-refractivity contribution in [3.8, 4) is 0 Å². The van der Waals surface area contributed by atoms with Crippen LogP contribution in [0.15, 0.2) is 0 Å². The first-order valence-corrected chi connectivity index (χ1v) is 3.50. The van der Waals surface area contributed by atoms with Crippen molar-refractivity contribution in [2.24, 2.45) is 0 Å². The van der Waals surface area contributed by atoms with E-state index in [0.717, 1.165) is 0 Å². The van der Waals surface area contributed by atoms with Gasteiger partial charge in [0.05, 0.1) is 7.05 Å². The maximum atomic E-state index is 4.00. The van der Waals surface area contributed by atoms with E-state index >= 15 is 0 Å². The minimum Gasteiger partial charge on any atom is -0.457 e. The Labute approximate surface area is 58.4 Å². The zero-order valence-corrected chi connectivity index (χ0v) is 7.06. The van der Waals surface area contributed by atoms with Crippen LogP contribution < -0.4 is 5.01 Å². The zero-order valence-electron chi connectivity index (χ0n) is 4.90. The molecule has 44 valence electrons. The smallest absolute Gasteiger partial charge is 0.126 e. The van der Waals surface area contributed by atoms with Crippen LogP contribution in [0.5, 0.6) is 0 Å². The van der Waals surface area contributed by atoms with Crippen LogP contribution >= 0.6 is 22.6 Å². The van der Waals surface area contributed by atoms with E-state index < -0.39 is 0 Å². The van der Waals surface area contributed by atoms with Gasteiger partial charge in [-0.05, 0) is 29.5 Å². The summed E-state index contributed by atoms with van der Waals surface area (Å²) in [5.41, 5.74) is 4.00. The van der Waals surface area contributed by atoms with Gasteiger partial charge in [0.15, 0.2) is 0 Å². The molecule has 0 saturated heterocycles. The molecule has 0 aliphatic heterocycles. The van der Waals surface area contributed by atoms with Crippen LogP contribution in [0, 0.1) is 0 Å². The number of rotatable bonds is 2. The van der Waals surface area contributed by atoms with E-state index in [4.69, 9.17) is 0 Å². The Morgan fingerprint density at radius 3 is 2.14 bits per heavy atom. The second-order valence-electron chi connectivity index (χ2n) is 1.48. The molecular formula is C4H11IN2. The normalized spacial score (nSPS) is 18.9. The van der Waals surface area contributed by atoms with Crippen molar-refractivity contribution in [3.05, 3.63) is 5.43 Å². The monoisotopic (exact) mass is 214 g/mol. The molecule has 7 heavy (non-hydrogen) atoms. The molecule has 0 saturated carbocycles. The molecule has 0 aliphatic rings. The fraction of sp³-hybridized carbons (Fsp3) is 1.00. The number of alkyl halides is 1. The summed E-state index contributed by atoms with van der Waals surface area (Å²) in [5.74, 6) is 0. The first kappa shape index (κ1) is 7.65. The van der Waals surface area contributed by atoms with E-state index in [1.807, 2.05) is 14.1 Å². The number of hydrogen-bond acceptors (Lipinski definition) is 0. The molecule has 0 bridgehead atoms. The van der Waals surface area contributed by atoms with Gasteiger partial charge in [-0.3, -0.25) is 0 Å². The van der Waals surface area contributed by atoms with E-state index in [1.165, 1.54) is 5.01 Å². The summed E-state index contributed by atoms with van der Waals surface area (Å²) in [7, 11) is 3.86. The van der Waals surface area contributed by atoms with E-state index in [0.29, 0.717) is 4.05 Å². The summed E-state index contributed by atoms with van der Waals surface area (Å²) in [6.45, 7) is 2.13. The highest BCUT2D eigenvalue weighted by Gasteiger charge is 1.94. The molecular weight excluding hydrogens is 203 g/mol.